The molecule has 0 saturated heterocycles. The zero-order valence-electron chi connectivity index (χ0n) is 7.15. The highest BCUT2D eigenvalue weighted by atomic mass is 31.0. The number of benzene rings is 1. The van der Waals surface area contributed by atoms with Gasteiger partial charge in [0.05, 0.1) is 11.1 Å². The van der Waals surface area contributed by atoms with Gasteiger partial charge in [0.15, 0.2) is 0 Å². The van der Waals surface area contributed by atoms with E-state index in [1.165, 1.54) is 0 Å². The lowest BCUT2D eigenvalue weighted by molar-refractivity contribution is 0.0775. The van der Waals surface area contributed by atoms with Crippen molar-refractivity contribution in [3.63, 3.8) is 0 Å². The van der Waals surface area contributed by atoms with Gasteiger partial charge in [-0.15, -0.1) is 0 Å². The maximum atomic E-state index is 11.3. The number of imide groups is 1. The van der Waals surface area contributed by atoms with Crippen LogP contribution in [0.1, 0.15) is 22.1 Å². The fourth-order valence-corrected chi connectivity index (χ4v) is 1.49. The molecule has 1 aliphatic rings. The molecule has 2 rings (SSSR count). The van der Waals surface area contributed by atoms with E-state index < -0.39 is 0 Å². The van der Waals surface area contributed by atoms with Gasteiger partial charge in [0.25, 0.3) is 11.8 Å². The van der Waals surface area contributed by atoms with Crippen molar-refractivity contribution in [1.29, 1.82) is 0 Å². The van der Waals surface area contributed by atoms with E-state index in [1.54, 1.807) is 24.3 Å². The Kier molecular flexibility index (Phi) is 1.48. The van der Waals surface area contributed by atoms with Crippen molar-refractivity contribution < 1.29 is 11.0 Å². The third kappa shape index (κ3) is 0.802. The molecule has 1 unspecified atom stereocenters. The smallest absolute Gasteiger partial charge is 0.268 e. The molecule has 0 spiro atoms. The Hall–Kier alpha value is -1.21. The van der Waals surface area contributed by atoms with E-state index in [1.807, 2.05) is 0 Å². The normalized spacial score (nSPS) is 15.2. The summed E-state index contributed by atoms with van der Waals surface area (Å²) < 4.78 is 1.05. The van der Waals surface area contributed by atoms with Gasteiger partial charge in [0.2, 0.25) is 0 Å². The number of rotatable bonds is 0. The summed E-state index contributed by atoms with van der Waals surface area (Å²) in [6, 6.07) is 6.79. The van der Waals surface area contributed by atoms with Gasteiger partial charge < -0.3 is 0 Å². The third-order valence-electron chi connectivity index (χ3n) is 1.83. The van der Waals surface area contributed by atoms with Crippen molar-refractivity contribution in [3.8, 4) is 0 Å². The molecule has 0 N–H and O–H groups in total. The van der Waals surface area contributed by atoms with E-state index in [0.29, 0.717) is 11.1 Å². The highest BCUT2D eigenvalue weighted by Crippen LogP contribution is 2.24. The summed E-state index contributed by atoms with van der Waals surface area (Å²) in [6.07, 6.45) is 0. The Bertz CT molecular complexity index is 345. The predicted molar refractivity (Wildman–Crippen MR) is 47.8 cm³/mol. The number of hydrogen-bond donors (Lipinski definition) is 0. The minimum Gasteiger partial charge on any atom is -0.268 e. The first kappa shape index (κ1) is 7.44. The summed E-state index contributed by atoms with van der Waals surface area (Å²) in [7, 11) is 2.11. The highest BCUT2D eigenvalue weighted by Gasteiger charge is 2.31. The van der Waals surface area contributed by atoms with E-state index in [9.17, 15) is 9.59 Å². The third-order valence-corrected chi connectivity index (χ3v) is 2.29. The maximum absolute atomic E-state index is 11.3. The molecule has 1 heterocycles. The van der Waals surface area contributed by atoms with Crippen molar-refractivity contribution in [3.05, 3.63) is 35.4 Å². The molecule has 0 fully saturated rings. The summed E-state index contributed by atoms with van der Waals surface area (Å²) in [5, 5.41) is 0. The number of carbonyl (C=O) groups excluding carboxylic acids is 2. The Morgan fingerprint density at radius 2 is 1.50 bits per heavy atom. The molecule has 3 nitrogen and oxygen atoms in total. The zero-order chi connectivity index (χ0) is 8.72. The molecule has 2 amide bonds. The Morgan fingerprint density at radius 1 is 1.08 bits per heavy atom. The lowest BCUT2D eigenvalue weighted by Crippen LogP contribution is -2.17. The van der Waals surface area contributed by atoms with Gasteiger partial charge in [-0.05, 0) is 21.5 Å². The van der Waals surface area contributed by atoms with Crippen LogP contribution in [0, 0.1) is 0 Å². The molecule has 0 bridgehead atoms. The SMILES string of the molecule is O=C1c2ccccc2C(=O)N1P.[H+]. The summed E-state index contributed by atoms with van der Waals surface area (Å²) in [5.41, 5.74) is 0.968. The van der Waals surface area contributed by atoms with Gasteiger partial charge >= 0.3 is 1.43 Å². The topological polar surface area (TPSA) is 37.4 Å². The Balaban J connectivity index is 0.000000845. The molecule has 0 saturated carbocycles. The zero-order valence-corrected chi connectivity index (χ0v) is 7.31. The van der Waals surface area contributed by atoms with Crippen LogP contribution >= 0.6 is 9.39 Å². The first-order valence-electron chi connectivity index (χ1n) is 3.44. The molecule has 1 aromatic carbocycles. The van der Waals surface area contributed by atoms with E-state index in [-0.39, 0.29) is 13.2 Å². The van der Waals surface area contributed by atoms with Crippen molar-refractivity contribution >= 4 is 21.2 Å². The maximum Gasteiger partial charge on any atom is 1.00 e. The summed E-state index contributed by atoms with van der Waals surface area (Å²) in [5.74, 6) is -0.499. The molecular formula is C8H7NO2P+. The second-order valence-corrected chi connectivity index (χ2v) is 3.04. The van der Waals surface area contributed by atoms with Crippen LogP contribution in [0.3, 0.4) is 0 Å². The van der Waals surface area contributed by atoms with Gasteiger partial charge in [-0.1, -0.05) is 12.1 Å². The lowest BCUT2D eigenvalue weighted by atomic mass is 10.1. The standard InChI is InChI=1S/C8H6NO2P/c10-7-5-3-1-2-4-6(5)8(11)9(7)12/h1-4H,12H2/p+1. The summed E-state index contributed by atoms with van der Waals surface area (Å²) in [6.45, 7) is 0. The average molecular weight is 180 g/mol. The number of fused-ring (bicyclic) bond motifs is 1. The lowest BCUT2D eigenvalue weighted by Gasteiger charge is -2.02. The van der Waals surface area contributed by atoms with Crippen LogP contribution in [0.4, 0.5) is 0 Å². The number of hydrogen-bond acceptors (Lipinski definition) is 2. The number of nitrogens with zero attached hydrogens (tertiary/aromatic N) is 1. The fraction of sp³-hybridized carbons (Fsp3) is 0. The van der Waals surface area contributed by atoms with Gasteiger partial charge in [-0.25, -0.2) is 0 Å². The van der Waals surface area contributed by atoms with Gasteiger partial charge in [-0.3, -0.25) is 14.3 Å². The van der Waals surface area contributed by atoms with Crippen molar-refractivity contribution in [1.82, 2.24) is 4.67 Å². The Labute approximate surface area is 73.1 Å². The second-order valence-electron chi connectivity index (χ2n) is 2.53. The summed E-state index contributed by atoms with van der Waals surface area (Å²) >= 11 is 0. The van der Waals surface area contributed by atoms with Crippen LogP contribution in [-0.2, 0) is 0 Å². The molecule has 60 valence electrons. The van der Waals surface area contributed by atoms with E-state index in [2.05, 4.69) is 9.39 Å². The van der Waals surface area contributed by atoms with E-state index in [0.717, 1.165) is 4.67 Å². The monoisotopic (exact) mass is 180 g/mol. The highest BCUT2D eigenvalue weighted by molar-refractivity contribution is 7.16. The van der Waals surface area contributed by atoms with Crippen molar-refractivity contribution in [2.45, 2.75) is 0 Å². The average Bonchev–Trinajstić information content (AvgIpc) is 2.33. The minimum atomic E-state index is -0.249. The largest absolute Gasteiger partial charge is 1.00 e. The number of carbonyl (C=O) groups is 2. The van der Waals surface area contributed by atoms with Crippen LogP contribution in [0.5, 0.6) is 0 Å². The van der Waals surface area contributed by atoms with Crippen LogP contribution in [-0.4, -0.2) is 16.5 Å². The molecule has 12 heavy (non-hydrogen) atoms. The van der Waals surface area contributed by atoms with Crippen LogP contribution in [0.2, 0.25) is 0 Å². The Morgan fingerprint density at radius 3 is 1.92 bits per heavy atom. The van der Waals surface area contributed by atoms with Crippen LogP contribution in [0.15, 0.2) is 24.3 Å². The van der Waals surface area contributed by atoms with Crippen molar-refractivity contribution in [2.75, 3.05) is 0 Å². The van der Waals surface area contributed by atoms with Crippen LogP contribution in [0.25, 0.3) is 0 Å². The van der Waals surface area contributed by atoms with E-state index >= 15 is 0 Å². The first-order valence-corrected chi connectivity index (χ1v) is 3.96. The number of amides is 2. The van der Waals surface area contributed by atoms with Gasteiger partial charge in [0.1, 0.15) is 0 Å². The summed E-state index contributed by atoms with van der Waals surface area (Å²) in [4.78, 5) is 22.6. The van der Waals surface area contributed by atoms with Crippen LogP contribution < -0.4 is 0 Å². The van der Waals surface area contributed by atoms with E-state index in [4.69, 9.17) is 0 Å². The molecule has 4 heteroatoms. The molecule has 1 aliphatic heterocycles. The molecule has 0 aliphatic carbocycles. The molecule has 1 aromatic rings. The predicted octanol–water partition coefficient (Wildman–Crippen LogP) is 1.19. The molecule has 1 atom stereocenters. The first-order chi connectivity index (χ1) is 5.72. The second kappa shape index (κ2) is 2.39. The quantitative estimate of drug-likeness (QED) is 0.444. The fourth-order valence-electron chi connectivity index (χ4n) is 1.21. The van der Waals surface area contributed by atoms with Crippen molar-refractivity contribution in [2.24, 2.45) is 0 Å². The molecular weight excluding hydrogens is 173 g/mol. The molecule has 0 aromatic heterocycles. The van der Waals surface area contributed by atoms with Gasteiger partial charge in [0, 0.05) is 0 Å². The molecule has 0 radical (unpaired) electrons. The minimum absolute atomic E-state index is 0. The van der Waals surface area contributed by atoms with Gasteiger partial charge in [-0.2, -0.15) is 0 Å².